The van der Waals surface area contributed by atoms with Gasteiger partial charge in [0.15, 0.2) is 5.82 Å². The van der Waals surface area contributed by atoms with Crippen molar-refractivity contribution in [2.45, 2.75) is 26.3 Å². The van der Waals surface area contributed by atoms with Crippen LogP contribution in [0.25, 0.3) is 0 Å². The molecule has 0 bridgehead atoms. The molecule has 0 aliphatic carbocycles. The molecule has 0 spiro atoms. The predicted octanol–water partition coefficient (Wildman–Crippen LogP) is -0.138. The molecule has 2 saturated heterocycles. The van der Waals surface area contributed by atoms with E-state index in [-0.39, 0.29) is 24.5 Å². The molecular formula is C15H24N6O3. The van der Waals surface area contributed by atoms with Crippen molar-refractivity contribution in [2.75, 3.05) is 45.8 Å². The molecule has 0 unspecified atom stereocenters. The van der Waals surface area contributed by atoms with Crippen molar-refractivity contribution in [3.63, 3.8) is 0 Å². The smallest absolute Gasteiger partial charge is 0.324 e. The summed E-state index contributed by atoms with van der Waals surface area (Å²) in [5, 5.41) is 6.50. The van der Waals surface area contributed by atoms with Gasteiger partial charge in [-0.3, -0.25) is 19.5 Å². The number of urea groups is 1. The molecule has 9 nitrogen and oxygen atoms in total. The molecular weight excluding hydrogens is 312 g/mol. The van der Waals surface area contributed by atoms with Crippen molar-refractivity contribution < 1.29 is 14.1 Å². The molecule has 3 heterocycles. The summed E-state index contributed by atoms with van der Waals surface area (Å²) in [5.74, 6) is 1.26. The van der Waals surface area contributed by atoms with E-state index in [9.17, 15) is 9.59 Å². The van der Waals surface area contributed by atoms with Crippen LogP contribution in [0.5, 0.6) is 0 Å². The second kappa shape index (κ2) is 7.27. The van der Waals surface area contributed by atoms with E-state index >= 15 is 0 Å². The lowest BCUT2D eigenvalue weighted by atomic mass is 10.2. The summed E-state index contributed by atoms with van der Waals surface area (Å²) < 4.78 is 5.33. The Morgan fingerprint density at radius 1 is 1.21 bits per heavy atom. The number of imide groups is 1. The number of hydrogen-bond acceptors (Lipinski definition) is 7. The molecule has 1 N–H and O–H groups in total. The molecule has 1 aromatic heterocycles. The summed E-state index contributed by atoms with van der Waals surface area (Å²) in [7, 11) is 0. The van der Waals surface area contributed by atoms with E-state index in [0.29, 0.717) is 19.0 Å². The first kappa shape index (κ1) is 16.8. The van der Waals surface area contributed by atoms with Gasteiger partial charge in [0, 0.05) is 45.7 Å². The van der Waals surface area contributed by atoms with Gasteiger partial charge in [0.1, 0.15) is 0 Å². The molecule has 1 atom stereocenters. The number of carbonyl (C=O) groups is 2. The molecule has 3 rings (SSSR count). The van der Waals surface area contributed by atoms with Crippen molar-refractivity contribution in [1.82, 2.24) is 30.2 Å². The van der Waals surface area contributed by atoms with Crippen LogP contribution in [0.1, 0.15) is 31.6 Å². The van der Waals surface area contributed by atoms with E-state index in [1.165, 1.54) is 4.90 Å². The van der Waals surface area contributed by atoms with Gasteiger partial charge in [0.2, 0.25) is 11.8 Å². The van der Waals surface area contributed by atoms with Crippen LogP contribution < -0.4 is 5.32 Å². The van der Waals surface area contributed by atoms with Crippen LogP contribution in [0.15, 0.2) is 4.52 Å². The summed E-state index contributed by atoms with van der Waals surface area (Å²) in [4.78, 5) is 33.4. The average molecular weight is 336 g/mol. The Morgan fingerprint density at radius 3 is 2.54 bits per heavy atom. The van der Waals surface area contributed by atoms with Gasteiger partial charge in [0.05, 0.1) is 12.6 Å². The largest absolute Gasteiger partial charge is 0.338 e. The first-order valence-corrected chi connectivity index (χ1v) is 8.45. The number of piperazine rings is 1. The fourth-order valence-corrected chi connectivity index (χ4v) is 3.03. The third-order valence-electron chi connectivity index (χ3n) is 4.69. The predicted molar refractivity (Wildman–Crippen MR) is 85.2 cm³/mol. The minimum Gasteiger partial charge on any atom is -0.338 e. The first-order valence-electron chi connectivity index (χ1n) is 8.45. The maximum absolute atomic E-state index is 11.6. The minimum atomic E-state index is -0.282. The molecule has 1 aromatic rings. The number of hydrogen-bond donors (Lipinski definition) is 1. The Balaban J connectivity index is 1.45. The molecule has 2 aliphatic heterocycles. The van der Waals surface area contributed by atoms with Crippen molar-refractivity contribution >= 4 is 11.9 Å². The number of carbonyl (C=O) groups excluding carboxylic acids is 2. The van der Waals surface area contributed by atoms with Gasteiger partial charge in [-0.1, -0.05) is 12.1 Å². The van der Waals surface area contributed by atoms with Gasteiger partial charge in [-0.2, -0.15) is 4.98 Å². The normalized spacial score (nSPS) is 21.3. The van der Waals surface area contributed by atoms with Crippen LogP contribution in [0, 0.1) is 0 Å². The summed E-state index contributed by atoms with van der Waals surface area (Å²) in [6, 6.07) is -0.179. The molecule has 2 aliphatic rings. The van der Waals surface area contributed by atoms with E-state index in [2.05, 4.69) is 32.2 Å². The van der Waals surface area contributed by atoms with Crippen LogP contribution in [-0.2, 0) is 11.2 Å². The maximum Gasteiger partial charge on any atom is 0.324 e. The third kappa shape index (κ3) is 3.57. The van der Waals surface area contributed by atoms with Crippen LogP contribution >= 0.6 is 0 Å². The van der Waals surface area contributed by atoms with Crippen molar-refractivity contribution in [2.24, 2.45) is 0 Å². The Kier molecular flexibility index (Phi) is 5.10. The highest BCUT2D eigenvalue weighted by molar-refractivity contribution is 6.01. The van der Waals surface area contributed by atoms with E-state index in [4.69, 9.17) is 4.52 Å². The number of nitrogens with one attached hydrogen (secondary N) is 1. The average Bonchev–Trinajstić information content (AvgIpc) is 3.20. The van der Waals surface area contributed by atoms with E-state index in [1.54, 1.807) is 0 Å². The van der Waals surface area contributed by atoms with Crippen LogP contribution in [-0.4, -0.2) is 82.6 Å². The number of aromatic nitrogens is 2. The zero-order valence-corrected chi connectivity index (χ0v) is 14.2. The maximum atomic E-state index is 11.6. The molecule has 0 saturated carbocycles. The zero-order chi connectivity index (χ0) is 17.1. The van der Waals surface area contributed by atoms with Gasteiger partial charge in [-0.05, 0) is 6.92 Å². The molecule has 2 fully saturated rings. The van der Waals surface area contributed by atoms with Crippen molar-refractivity contribution in [3.05, 3.63) is 11.7 Å². The summed E-state index contributed by atoms with van der Waals surface area (Å²) in [5.41, 5.74) is 0. The Hall–Kier alpha value is -2.00. The Morgan fingerprint density at radius 2 is 1.96 bits per heavy atom. The van der Waals surface area contributed by atoms with E-state index < -0.39 is 0 Å². The lowest BCUT2D eigenvalue weighted by Gasteiger charge is -2.37. The van der Waals surface area contributed by atoms with E-state index in [0.717, 1.165) is 38.4 Å². The number of amides is 3. The van der Waals surface area contributed by atoms with Crippen molar-refractivity contribution in [3.8, 4) is 0 Å². The van der Waals surface area contributed by atoms with Crippen LogP contribution in [0.2, 0.25) is 0 Å². The Bertz CT molecular complexity index is 580. The molecule has 9 heteroatoms. The molecule has 3 amide bonds. The van der Waals surface area contributed by atoms with Gasteiger partial charge in [-0.15, -0.1) is 0 Å². The molecule has 0 aromatic carbocycles. The highest BCUT2D eigenvalue weighted by atomic mass is 16.5. The quantitative estimate of drug-likeness (QED) is 0.723. The summed E-state index contributed by atoms with van der Waals surface area (Å²) in [6.07, 6.45) is 0.771. The van der Waals surface area contributed by atoms with Gasteiger partial charge < -0.3 is 9.84 Å². The fourth-order valence-electron chi connectivity index (χ4n) is 3.03. The first-order chi connectivity index (χ1) is 11.6. The SMILES string of the molecule is CCc1noc([C@H](C)N2CCN(CCN3C(=O)CNC3=O)CC2)n1. The lowest BCUT2D eigenvalue weighted by Crippen LogP contribution is -2.49. The number of rotatable bonds is 6. The van der Waals surface area contributed by atoms with Gasteiger partial charge >= 0.3 is 6.03 Å². The van der Waals surface area contributed by atoms with Crippen molar-refractivity contribution in [1.29, 1.82) is 0 Å². The molecule has 132 valence electrons. The van der Waals surface area contributed by atoms with Crippen LogP contribution in [0.3, 0.4) is 0 Å². The van der Waals surface area contributed by atoms with Gasteiger partial charge in [0.25, 0.3) is 0 Å². The number of aryl methyl sites for hydroxylation is 1. The topological polar surface area (TPSA) is 94.8 Å². The van der Waals surface area contributed by atoms with Gasteiger partial charge in [-0.25, -0.2) is 4.79 Å². The fraction of sp³-hybridized carbons (Fsp3) is 0.733. The van der Waals surface area contributed by atoms with E-state index in [1.807, 2.05) is 6.92 Å². The molecule has 0 radical (unpaired) electrons. The minimum absolute atomic E-state index is 0.103. The third-order valence-corrected chi connectivity index (χ3v) is 4.69. The standard InChI is InChI=1S/C15H24N6O3/c1-3-12-17-14(24-18-12)11(2)20-7-4-19(5-8-20)6-9-21-13(22)10-16-15(21)23/h11H,3-10H2,1-2H3,(H,16,23)/t11-/m0/s1. The highest BCUT2D eigenvalue weighted by Crippen LogP contribution is 2.20. The highest BCUT2D eigenvalue weighted by Gasteiger charge is 2.30. The second-order valence-electron chi connectivity index (χ2n) is 6.16. The summed E-state index contributed by atoms with van der Waals surface area (Å²) in [6.45, 7) is 8.93. The lowest BCUT2D eigenvalue weighted by molar-refractivity contribution is -0.125. The Labute approximate surface area is 141 Å². The summed E-state index contributed by atoms with van der Waals surface area (Å²) >= 11 is 0. The zero-order valence-electron chi connectivity index (χ0n) is 14.2. The number of nitrogens with zero attached hydrogens (tertiary/aromatic N) is 5. The van der Waals surface area contributed by atoms with Crippen LogP contribution in [0.4, 0.5) is 4.79 Å². The monoisotopic (exact) mass is 336 g/mol. The molecule has 24 heavy (non-hydrogen) atoms. The second-order valence-corrected chi connectivity index (χ2v) is 6.16.